The molecule has 0 aliphatic rings. The van der Waals surface area contributed by atoms with Crippen molar-refractivity contribution in [3.63, 3.8) is 0 Å². The van der Waals surface area contributed by atoms with Crippen molar-refractivity contribution in [3.05, 3.63) is 28.8 Å². The quantitative estimate of drug-likeness (QED) is 0.493. The fourth-order valence-electron chi connectivity index (χ4n) is 1.42. The van der Waals surface area contributed by atoms with Gasteiger partial charge in [-0.2, -0.15) is 5.26 Å². The van der Waals surface area contributed by atoms with Crippen molar-refractivity contribution >= 4 is 5.69 Å². The summed E-state index contributed by atoms with van der Waals surface area (Å²) in [6.07, 6.45) is -2.60. The van der Waals surface area contributed by atoms with Gasteiger partial charge in [0, 0.05) is 5.69 Å². The van der Waals surface area contributed by atoms with E-state index in [1.54, 1.807) is 25.1 Å². The molecule has 2 unspecified atom stereocenters. The minimum atomic E-state index is -1.41. The van der Waals surface area contributed by atoms with Crippen LogP contribution in [0, 0.1) is 25.2 Å². The summed E-state index contributed by atoms with van der Waals surface area (Å²) in [5, 5.41) is 27.4. The van der Waals surface area contributed by atoms with Crippen LogP contribution in [0.3, 0.4) is 0 Å². The minimum absolute atomic E-state index is 0.538. The normalized spacial score (nSPS) is 14.3. The van der Waals surface area contributed by atoms with Crippen molar-refractivity contribution in [2.75, 3.05) is 5.73 Å². The number of nitrogen functional groups attached to an aromatic ring is 1. The Kier molecular flexibility index (Phi) is 3.30. The summed E-state index contributed by atoms with van der Waals surface area (Å²) in [5.41, 5.74) is 8.52. The Balaban J connectivity index is 3.17. The third-order valence-corrected chi connectivity index (χ3v) is 2.62. The monoisotopic (exact) mass is 206 g/mol. The molecule has 15 heavy (non-hydrogen) atoms. The Hall–Kier alpha value is -1.57. The summed E-state index contributed by atoms with van der Waals surface area (Å²) in [4.78, 5) is 0. The van der Waals surface area contributed by atoms with Crippen LogP contribution in [-0.2, 0) is 0 Å². The van der Waals surface area contributed by atoms with E-state index in [0.717, 1.165) is 11.1 Å². The van der Waals surface area contributed by atoms with Gasteiger partial charge >= 0.3 is 0 Å². The molecule has 1 aromatic rings. The van der Waals surface area contributed by atoms with E-state index in [1.165, 1.54) is 0 Å². The maximum Gasteiger partial charge on any atom is 0.170 e. The fourth-order valence-corrected chi connectivity index (χ4v) is 1.42. The van der Waals surface area contributed by atoms with Gasteiger partial charge in [-0.25, -0.2) is 0 Å². The number of aliphatic hydroxyl groups is 2. The van der Waals surface area contributed by atoms with Crippen LogP contribution in [0.1, 0.15) is 22.8 Å². The second-order valence-electron chi connectivity index (χ2n) is 3.51. The second-order valence-corrected chi connectivity index (χ2v) is 3.51. The minimum Gasteiger partial charge on any atom is -0.399 e. The van der Waals surface area contributed by atoms with Crippen molar-refractivity contribution in [1.29, 1.82) is 5.26 Å². The molecule has 80 valence electrons. The van der Waals surface area contributed by atoms with Crippen molar-refractivity contribution in [3.8, 4) is 6.07 Å². The Morgan fingerprint density at radius 3 is 2.40 bits per heavy atom. The molecule has 0 saturated heterocycles. The number of benzene rings is 1. The number of rotatable bonds is 2. The second kappa shape index (κ2) is 4.30. The predicted octanol–water partition coefficient (Wildman–Crippen LogP) is 0.804. The molecule has 0 spiro atoms. The Morgan fingerprint density at radius 1 is 1.27 bits per heavy atom. The molecule has 0 bridgehead atoms. The number of hydrogen-bond acceptors (Lipinski definition) is 4. The first-order valence-corrected chi connectivity index (χ1v) is 4.60. The molecular weight excluding hydrogens is 192 g/mol. The molecule has 0 amide bonds. The highest BCUT2D eigenvalue weighted by Gasteiger charge is 2.20. The molecule has 4 N–H and O–H groups in total. The van der Waals surface area contributed by atoms with Crippen molar-refractivity contribution in [2.24, 2.45) is 0 Å². The van der Waals surface area contributed by atoms with E-state index in [2.05, 4.69) is 0 Å². The van der Waals surface area contributed by atoms with Crippen molar-refractivity contribution in [1.82, 2.24) is 0 Å². The first kappa shape index (κ1) is 11.5. The summed E-state index contributed by atoms with van der Waals surface area (Å²) >= 11 is 0. The lowest BCUT2D eigenvalue weighted by atomic mass is 9.95. The van der Waals surface area contributed by atoms with Crippen molar-refractivity contribution in [2.45, 2.75) is 26.1 Å². The molecular formula is C11H14N2O2. The van der Waals surface area contributed by atoms with E-state index in [1.807, 2.05) is 6.92 Å². The van der Waals surface area contributed by atoms with E-state index < -0.39 is 12.2 Å². The SMILES string of the molecule is Cc1c(N)ccc(C(O)C(O)C#N)c1C. The van der Waals surface area contributed by atoms with Crippen LogP contribution in [-0.4, -0.2) is 16.3 Å². The van der Waals surface area contributed by atoms with Gasteiger partial charge in [-0.15, -0.1) is 0 Å². The number of aliphatic hydroxyl groups excluding tert-OH is 2. The van der Waals surface area contributed by atoms with Gasteiger partial charge in [-0.05, 0) is 36.6 Å². The summed E-state index contributed by atoms with van der Waals surface area (Å²) < 4.78 is 0. The third-order valence-electron chi connectivity index (χ3n) is 2.62. The highest BCUT2D eigenvalue weighted by atomic mass is 16.3. The van der Waals surface area contributed by atoms with Gasteiger partial charge in [0.15, 0.2) is 6.10 Å². The zero-order chi connectivity index (χ0) is 11.6. The number of hydrogen-bond donors (Lipinski definition) is 3. The molecule has 2 atom stereocenters. The molecule has 0 aliphatic heterocycles. The lowest BCUT2D eigenvalue weighted by Crippen LogP contribution is -2.17. The standard InChI is InChI=1S/C11H14N2O2/c1-6-7(2)9(13)4-3-8(6)11(15)10(14)5-12/h3-4,10-11,14-15H,13H2,1-2H3. The highest BCUT2D eigenvalue weighted by Crippen LogP contribution is 2.26. The number of nitriles is 1. The molecule has 0 aromatic heterocycles. The lowest BCUT2D eigenvalue weighted by molar-refractivity contribution is 0.0523. The molecule has 1 aromatic carbocycles. The maximum absolute atomic E-state index is 9.67. The number of nitrogens with two attached hydrogens (primary N) is 1. The largest absolute Gasteiger partial charge is 0.399 e. The average molecular weight is 206 g/mol. The number of nitrogens with zero attached hydrogens (tertiary/aromatic N) is 1. The lowest BCUT2D eigenvalue weighted by Gasteiger charge is -2.17. The van der Waals surface area contributed by atoms with E-state index in [-0.39, 0.29) is 0 Å². The Bertz CT molecular complexity index is 410. The van der Waals surface area contributed by atoms with Crippen LogP contribution in [0.2, 0.25) is 0 Å². The van der Waals surface area contributed by atoms with Crippen LogP contribution >= 0.6 is 0 Å². The first-order valence-electron chi connectivity index (χ1n) is 4.60. The predicted molar refractivity (Wildman–Crippen MR) is 56.9 cm³/mol. The first-order chi connectivity index (χ1) is 6.99. The average Bonchev–Trinajstić information content (AvgIpc) is 2.24. The van der Waals surface area contributed by atoms with Gasteiger partial charge in [0.2, 0.25) is 0 Å². The topological polar surface area (TPSA) is 90.3 Å². The van der Waals surface area contributed by atoms with E-state index in [9.17, 15) is 10.2 Å². The third kappa shape index (κ3) is 2.09. The van der Waals surface area contributed by atoms with Crippen LogP contribution in [0.5, 0.6) is 0 Å². The van der Waals surface area contributed by atoms with Crippen molar-refractivity contribution < 1.29 is 10.2 Å². The van der Waals surface area contributed by atoms with Gasteiger partial charge < -0.3 is 15.9 Å². The number of anilines is 1. The van der Waals surface area contributed by atoms with Crippen LogP contribution < -0.4 is 5.73 Å². The van der Waals surface area contributed by atoms with E-state index >= 15 is 0 Å². The fraction of sp³-hybridized carbons (Fsp3) is 0.364. The van der Waals surface area contributed by atoms with Gasteiger partial charge in [-0.1, -0.05) is 6.07 Å². The Morgan fingerprint density at radius 2 is 1.87 bits per heavy atom. The van der Waals surface area contributed by atoms with Gasteiger partial charge in [0.05, 0.1) is 6.07 Å². The van der Waals surface area contributed by atoms with Gasteiger partial charge in [0.25, 0.3) is 0 Å². The zero-order valence-corrected chi connectivity index (χ0v) is 8.73. The summed E-state index contributed by atoms with van der Waals surface area (Å²) in [7, 11) is 0. The molecule has 0 radical (unpaired) electrons. The van der Waals surface area contributed by atoms with E-state index in [0.29, 0.717) is 11.3 Å². The molecule has 4 heteroatoms. The summed E-state index contributed by atoms with van der Waals surface area (Å²) in [6.45, 7) is 3.63. The van der Waals surface area contributed by atoms with Crippen LogP contribution in [0.4, 0.5) is 5.69 Å². The molecule has 0 saturated carbocycles. The molecule has 0 aliphatic carbocycles. The summed E-state index contributed by atoms with van der Waals surface area (Å²) in [5.74, 6) is 0. The van der Waals surface area contributed by atoms with Gasteiger partial charge in [0.1, 0.15) is 6.10 Å². The Labute approximate surface area is 88.6 Å². The highest BCUT2D eigenvalue weighted by molar-refractivity contribution is 5.53. The summed E-state index contributed by atoms with van der Waals surface area (Å²) in [6, 6.07) is 4.88. The van der Waals surface area contributed by atoms with E-state index in [4.69, 9.17) is 11.0 Å². The van der Waals surface area contributed by atoms with Crippen LogP contribution in [0.15, 0.2) is 12.1 Å². The van der Waals surface area contributed by atoms with Gasteiger partial charge in [-0.3, -0.25) is 0 Å². The molecule has 1 rings (SSSR count). The molecule has 0 fully saturated rings. The molecule has 4 nitrogen and oxygen atoms in total. The molecule has 0 heterocycles. The zero-order valence-electron chi connectivity index (χ0n) is 8.73. The van der Waals surface area contributed by atoms with Crippen LogP contribution in [0.25, 0.3) is 0 Å². The maximum atomic E-state index is 9.67. The smallest absolute Gasteiger partial charge is 0.170 e.